The standard InChI is InChI=1S/C10H14N2O3S/c1-2-16(14,15)9-5-3-8(4-6-9)12-10(13)7-11/h3-6H,2,7,11H2,1H3,(H,12,13). The third-order valence-corrected chi connectivity index (χ3v) is 3.81. The van der Waals surface area contributed by atoms with Crippen molar-refractivity contribution in [2.45, 2.75) is 11.8 Å². The summed E-state index contributed by atoms with van der Waals surface area (Å²) < 4.78 is 23.0. The predicted octanol–water partition coefficient (Wildman–Crippen LogP) is 0.377. The van der Waals surface area contributed by atoms with Gasteiger partial charge in [0.2, 0.25) is 5.91 Å². The fraction of sp³-hybridized carbons (Fsp3) is 0.300. The molecule has 1 aromatic rings. The number of nitrogens with two attached hydrogens (primary N) is 1. The number of anilines is 1. The maximum absolute atomic E-state index is 11.5. The molecule has 5 nitrogen and oxygen atoms in total. The predicted molar refractivity (Wildman–Crippen MR) is 61.9 cm³/mol. The summed E-state index contributed by atoms with van der Waals surface area (Å²) >= 11 is 0. The van der Waals surface area contributed by atoms with Crippen LogP contribution in [0.2, 0.25) is 0 Å². The Morgan fingerprint density at radius 1 is 1.31 bits per heavy atom. The Hall–Kier alpha value is -1.40. The van der Waals surface area contributed by atoms with E-state index in [1.165, 1.54) is 24.3 Å². The normalized spacial score (nSPS) is 11.1. The van der Waals surface area contributed by atoms with E-state index in [1.54, 1.807) is 6.92 Å². The summed E-state index contributed by atoms with van der Waals surface area (Å²) in [5, 5.41) is 2.53. The number of rotatable bonds is 4. The molecule has 0 fully saturated rings. The summed E-state index contributed by atoms with van der Waals surface area (Å²) in [6, 6.07) is 6.00. The zero-order valence-corrected chi connectivity index (χ0v) is 9.75. The van der Waals surface area contributed by atoms with Crippen LogP contribution in [0.25, 0.3) is 0 Å². The lowest BCUT2D eigenvalue weighted by Gasteiger charge is -2.05. The van der Waals surface area contributed by atoms with E-state index in [4.69, 9.17) is 5.73 Å². The van der Waals surface area contributed by atoms with Gasteiger partial charge in [0.1, 0.15) is 0 Å². The number of carbonyl (C=O) groups is 1. The molecule has 0 heterocycles. The maximum Gasteiger partial charge on any atom is 0.238 e. The second-order valence-corrected chi connectivity index (χ2v) is 5.46. The van der Waals surface area contributed by atoms with Crippen LogP contribution in [0.1, 0.15) is 6.92 Å². The Morgan fingerprint density at radius 2 is 1.88 bits per heavy atom. The topological polar surface area (TPSA) is 89.3 Å². The van der Waals surface area contributed by atoms with Crippen LogP contribution in [0.3, 0.4) is 0 Å². The molecule has 0 aliphatic carbocycles. The van der Waals surface area contributed by atoms with Gasteiger partial charge in [-0.05, 0) is 24.3 Å². The van der Waals surface area contributed by atoms with E-state index in [0.29, 0.717) is 5.69 Å². The number of hydrogen-bond acceptors (Lipinski definition) is 4. The molecular weight excluding hydrogens is 228 g/mol. The first-order chi connectivity index (χ1) is 7.49. The van der Waals surface area contributed by atoms with Gasteiger partial charge in [0.25, 0.3) is 0 Å². The minimum Gasteiger partial charge on any atom is -0.325 e. The van der Waals surface area contributed by atoms with Gasteiger partial charge in [-0.15, -0.1) is 0 Å². The van der Waals surface area contributed by atoms with E-state index >= 15 is 0 Å². The van der Waals surface area contributed by atoms with Gasteiger partial charge < -0.3 is 11.1 Å². The molecule has 0 aliphatic rings. The third kappa shape index (κ3) is 3.04. The van der Waals surface area contributed by atoms with Crippen molar-refractivity contribution in [1.29, 1.82) is 0 Å². The summed E-state index contributed by atoms with van der Waals surface area (Å²) in [6.07, 6.45) is 0. The zero-order chi connectivity index (χ0) is 12.2. The van der Waals surface area contributed by atoms with Crippen LogP contribution in [0.4, 0.5) is 5.69 Å². The molecule has 0 atom stereocenters. The summed E-state index contributed by atoms with van der Waals surface area (Å²) in [5.74, 6) is -0.257. The van der Waals surface area contributed by atoms with Crippen LogP contribution in [0, 0.1) is 0 Å². The van der Waals surface area contributed by atoms with Crippen molar-refractivity contribution in [3.05, 3.63) is 24.3 Å². The summed E-state index contributed by atoms with van der Waals surface area (Å²) in [5.41, 5.74) is 5.67. The highest BCUT2D eigenvalue weighted by molar-refractivity contribution is 7.91. The van der Waals surface area contributed by atoms with Crippen molar-refractivity contribution < 1.29 is 13.2 Å². The Kier molecular flexibility index (Phi) is 4.03. The lowest BCUT2D eigenvalue weighted by molar-refractivity contribution is -0.114. The molecule has 1 amide bonds. The second kappa shape index (κ2) is 5.09. The van der Waals surface area contributed by atoms with Crippen molar-refractivity contribution in [1.82, 2.24) is 0 Å². The van der Waals surface area contributed by atoms with Crippen molar-refractivity contribution in [3.8, 4) is 0 Å². The summed E-state index contributed by atoms with van der Waals surface area (Å²) in [6.45, 7) is 1.48. The lowest BCUT2D eigenvalue weighted by atomic mass is 10.3. The fourth-order valence-corrected chi connectivity index (χ4v) is 2.01. The summed E-state index contributed by atoms with van der Waals surface area (Å²) in [4.78, 5) is 11.2. The van der Waals surface area contributed by atoms with Crippen molar-refractivity contribution >= 4 is 21.4 Å². The minimum absolute atomic E-state index is 0.0570. The number of amides is 1. The SMILES string of the molecule is CCS(=O)(=O)c1ccc(NC(=O)CN)cc1. The molecular formula is C10H14N2O3S. The van der Waals surface area contributed by atoms with Crippen molar-refractivity contribution in [3.63, 3.8) is 0 Å². The van der Waals surface area contributed by atoms with Crippen LogP contribution in [-0.2, 0) is 14.6 Å². The van der Waals surface area contributed by atoms with Crippen LogP contribution in [0.5, 0.6) is 0 Å². The largest absolute Gasteiger partial charge is 0.325 e. The Morgan fingerprint density at radius 3 is 2.31 bits per heavy atom. The Labute approximate surface area is 94.6 Å². The van der Waals surface area contributed by atoms with Gasteiger partial charge in [-0.3, -0.25) is 4.79 Å². The number of sulfone groups is 1. The molecule has 1 rings (SSSR count). The van der Waals surface area contributed by atoms with Crippen molar-refractivity contribution in [2.75, 3.05) is 17.6 Å². The van der Waals surface area contributed by atoms with E-state index in [9.17, 15) is 13.2 Å². The molecule has 0 spiro atoms. The molecule has 0 saturated carbocycles. The van der Waals surface area contributed by atoms with E-state index in [-0.39, 0.29) is 23.1 Å². The molecule has 0 radical (unpaired) electrons. The number of nitrogens with one attached hydrogen (secondary N) is 1. The molecule has 0 aliphatic heterocycles. The lowest BCUT2D eigenvalue weighted by Crippen LogP contribution is -2.21. The monoisotopic (exact) mass is 242 g/mol. The smallest absolute Gasteiger partial charge is 0.238 e. The first-order valence-electron chi connectivity index (χ1n) is 4.82. The molecule has 1 aromatic carbocycles. The fourth-order valence-electron chi connectivity index (χ4n) is 1.12. The number of carbonyl (C=O) groups excluding carboxylic acids is 1. The van der Waals surface area contributed by atoms with Gasteiger partial charge in [0, 0.05) is 5.69 Å². The van der Waals surface area contributed by atoms with E-state index in [1.807, 2.05) is 0 Å². The third-order valence-electron chi connectivity index (χ3n) is 2.06. The van der Waals surface area contributed by atoms with Gasteiger partial charge >= 0.3 is 0 Å². The zero-order valence-electron chi connectivity index (χ0n) is 8.93. The molecule has 6 heteroatoms. The quantitative estimate of drug-likeness (QED) is 0.798. The van der Waals surface area contributed by atoms with Crippen molar-refractivity contribution in [2.24, 2.45) is 5.73 Å². The van der Waals surface area contributed by atoms with Crippen LogP contribution in [0.15, 0.2) is 29.2 Å². The molecule has 0 saturated heterocycles. The second-order valence-electron chi connectivity index (χ2n) is 3.18. The molecule has 0 unspecified atom stereocenters. The highest BCUT2D eigenvalue weighted by Crippen LogP contribution is 2.15. The average Bonchev–Trinajstić information content (AvgIpc) is 2.29. The highest BCUT2D eigenvalue weighted by Gasteiger charge is 2.10. The molecule has 0 bridgehead atoms. The van der Waals surface area contributed by atoms with E-state index in [2.05, 4.69) is 5.32 Å². The Bertz CT molecular complexity index is 465. The van der Waals surface area contributed by atoms with Gasteiger partial charge in [0.05, 0.1) is 17.2 Å². The van der Waals surface area contributed by atoms with Crippen LogP contribution in [-0.4, -0.2) is 26.6 Å². The first kappa shape index (κ1) is 12.7. The maximum atomic E-state index is 11.5. The van der Waals surface area contributed by atoms with Gasteiger partial charge in [-0.2, -0.15) is 0 Å². The molecule has 88 valence electrons. The minimum atomic E-state index is -3.19. The van der Waals surface area contributed by atoms with Gasteiger partial charge in [-0.25, -0.2) is 8.42 Å². The van der Waals surface area contributed by atoms with E-state index in [0.717, 1.165) is 0 Å². The molecule has 3 N–H and O–H groups in total. The molecule has 0 aromatic heterocycles. The highest BCUT2D eigenvalue weighted by atomic mass is 32.2. The van der Waals surface area contributed by atoms with Gasteiger partial charge in [-0.1, -0.05) is 6.92 Å². The van der Waals surface area contributed by atoms with Gasteiger partial charge in [0.15, 0.2) is 9.84 Å². The molecule has 16 heavy (non-hydrogen) atoms. The van der Waals surface area contributed by atoms with Crippen LogP contribution < -0.4 is 11.1 Å². The average molecular weight is 242 g/mol. The first-order valence-corrected chi connectivity index (χ1v) is 6.47. The Balaban J connectivity index is 2.88. The van der Waals surface area contributed by atoms with Crippen LogP contribution >= 0.6 is 0 Å². The number of hydrogen-bond donors (Lipinski definition) is 2. The summed E-state index contributed by atoms with van der Waals surface area (Å²) in [7, 11) is -3.19. The number of benzene rings is 1. The van der Waals surface area contributed by atoms with E-state index < -0.39 is 9.84 Å².